The van der Waals surface area contributed by atoms with Gasteiger partial charge in [-0.25, -0.2) is 0 Å². The minimum atomic E-state index is -0.833. The first-order valence-corrected chi connectivity index (χ1v) is 5.96. The maximum absolute atomic E-state index is 10.3. The molecular formula is C13H26O4. The number of carbonyl (C=O) groups is 2. The summed E-state index contributed by atoms with van der Waals surface area (Å²) in [5.74, 6) is -0.873. The van der Waals surface area contributed by atoms with Crippen molar-refractivity contribution in [2.24, 2.45) is 11.3 Å². The maximum atomic E-state index is 10.3. The van der Waals surface area contributed by atoms with E-state index in [1.807, 2.05) is 0 Å². The van der Waals surface area contributed by atoms with Crippen LogP contribution in [0.2, 0.25) is 0 Å². The van der Waals surface area contributed by atoms with Gasteiger partial charge >= 0.3 is 5.97 Å². The van der Waals surface area contributed by atoms with Crippen LogP contribution in [0.15, 0.2) is 0 Å². The molecule has 1 atom stereocenters. The molecule has 2 N–H and O–H groups in total. The third kappa shape index (κ3) is 25.3. The van der Waals surface area contributed by atoms with Crippen LogP contribution in [-0.2, 0) is 9.59 Å². The Morgan fingerprint density at radius 3 is 1.88 bits per heavy atom. The lowest BCUT2D eigenvalue weighted by molar-refractivity contribution is -0.137. The summed E-state index contributed by atoms with van der Waals surface area (Å²) in [6.45, 7) is 9.95. The summed E-state index contributed by atoms with van der Waals surface area (Å²) < 4.78 is 0. The molecule has 0 aromatic heterocycles. The summed E-state index contributed by atoms with van der Waals surface area (Å²) in [6.07, 6.45) is 3.33. The van der Waals surface area contributed by atoms with E-state index in [1.54, 1.807) is 0 Å². The number of carboxylic acids is 2. The Kier molecular flexibility index (Phi) is 9.72. The van der Waals surface area contributed by atoms with Crippen LogP contribution in [0.25, 0.3) is 0 Å². The molecule has 0 aromatic rings. The van der Waals surface area contributed by atoms with Gasteiger partial charge in [-0.3, -0.25) is 9.59 Å². The first kappa shape index (κ1) is 18.3. The van der Waals surface area contributed by atoms with Gasteiger partial charge in [-0.05, 0) is 24.2 Å². The van der Waals surface area contributed by atoms with Gasteiger partial charge in [-0.15, -0.1) is 0 Å². The maximum Gasteiger partial charge on any atom is 0.303 e. The summed E-state index contributed by atoms with van der Waals surface area (Å²) in [6, 6.07) is 0. The third-order valence-corrected chi connectivity index (χ3v) is 2.05. The fraction of sp³-hybridized carbons (Fsp3) is 0.846. The van der Waals surface area contributed by atoms with Crippen molar-refractivity contribution >= 4 is 11.9 Å². The van der Waals surface area contributed by atoms with Crippen molar-refractivity contribution < 1.29 is 19.8 Å². The number of hydrogen-bond acceptors (Lipinski definition) is 2. The van der Waals surface area contributed by atoms with Crippen LogP contribution in [0.3, 0.4) is 0 Å². The smallest absolute Gasteiger partial charge is 0.303 e. The van der Waals surface area contributed by atoms with E-state index in [1.165, 1.54) is 6.42 Å². The SMILES string of the molecule is CC(=O)O.CC(CCCC(=O)O)CC(C)(C)C. The van der Waals surface area contributed by atoms with Crippen molar-refractivity contribution in [3.63, 3.8) is 0 Å². The van der Waals surface area contributed by atoms with E-state index in [0.717, 1.165) is 19.8 Å². The topological polar surface area (TPSA) is 74.6 Å². The van der Waals surface area contributed by atoms with Gasteiger partial charge in [0.1, 0.15) is 0 Å². The van der Waals surface area contributed by atoms with Crippen molar-refractivity contribution in [1.29, 1.82) is 0 Å². The normalized spacial score (nSPS) is 12.3. The van der Waals surface area contributed by atoms with Crippen LogP contribution < -0.4 is 0 Å². The summed E-state index contributed by atoms with van der Waals surface area (Å²) in [4.78, 5) is 19.3. The predicted octanol–water partition coefficient (Wildman–Crippen LogP) is 3.40. The van der Waals surface area contributed by atoms with Crippen molar-refractivity contribution in [2.45, 2.75) is 60.3 Å². The predicted molar refractivity (Wildman–Crippen MR) is 68.0 cm³/mol. The second-order valence-electron chi connectivity index (χ2n) is 5.67. The van der Waals surface area contributed by atoms with Crippen LogP contribution in [0.4, 0.5) is 0 Å². The van der Waals surface area contributed by atoms with Crippen molar-refractivity contribution in [2.75, 3.05) is 0 Å². The molecule has 102 valence electrons. The standard InChI is InChI=1S/C11H22O2.C2H4O2/c1-9(8-11(2,3)4)6-5-7-10(12)13;1-2(3)4/h9H,5-8H2,1-4H3,(H,12,13);1H3,(H,3,4). The summed E-state index contributed by atoms with van der Waals surface area (Å²) >= 11 is 0. The summed E-state index contributed by atoms with van der Waals surface area (Å²) in [7, 11) is 0. The molecule has 0 aliphatic carbocycles. The zero-order valence-corrected chi connectivity index (χ0v) is 11.6. The Hall–Kier alpha value is -1.06. The fourth-order valence-electron chi connectivity index (χ4n) is 1.75. The summed E-state index contributed by atoms with van der Waals surface area (Å²) in [5, 5.41) is 15.9. The molecule has 0 aliphatic heterocycles. The third-order valence-electron chi connectivity index (χ3n) is 2.05. The molecular weight excluding hydrogens is 220 g/mol. The molecule has 0 fully saturated rings. The van der Waals surface area contributed by atoms with Gasteiger partial charge in [0.05, 0.1) is 0 Å². The lowest BCUT2D eigenvalue weighted by atomic mass is 9.83. The van der Waals surface area contributed by atoms with E-state index in [0.29, 0.717) is 17.8 Å². The lowest BCUT2D eigenvalue weighted by Crippen LogP contribution is -2.11. The zero-order valence-electron chi connectivity index (χ0n) is 11.6. The highest BCUT2D eigenvalue weighted by Gasteiger charge is 2.14. The van der Waals surface area contributed by atoms with Crippen LogP contribution >= 0.6 is 0 Å². The lowest BCUT2D eigenvalue weighted by Gasteiger charge is -2.22. The highest BCUT2D eigenvalue weighted by molar-refractivity contribution is 5.66. The van der Waals surface area contributed by atoms with Gasteiger partial charge < -0.3 is 10.2 Å². The van der Waals surface area contributed by atoms with Crippen LogP contribution in [0.5, 0.6) is 0 Å². The molecule has 0 saturated carbocycles. The van der Waals surface area contributed by atoms with Gasteiger partial charge in [0, 0.05) is 13.3 Å². The van der Waals surface area contributed by atoms with E-state index < -0.39 is 11.9 Å². The molecule has 0 saturated heterocycles. The molecule has 4 nitrogen and oxygen atoms in total. The number of aliphatic carboxylic acids is 2. The Bertz CT molecular complexity index is 224. The Balaban J connectivity index is 0. The first-order chi connectivity index (χ1) is 7.54. The van der Waals surface area contributed by atoms with Gasteiger partial charge in [0.15, 0.2) is 0 Å². The zero-order chi connectivity index (χ0) is 14.1. The van der Waals surface area contributed by atoms with Gasteiger partial charge in [0.2, 0.25) is 0 Å². The molecule has 0 rings (SSSR count). The van der Waals surface area contributed by atoms with Crippen LogP contribution in [0, 0.1) is 11.3 Å². The molecule has 0 heterocycles. The molecule has 0 amide bonds. The Labute approximate surface area is 104 Å². The molecule has 0 spiro atoms. The van der Waals surface area contributed by atoms with Gasteiger partial charge in [0.25, 0.3) is 5.97 Å². The average molecular weight is 246 g/mol. The molecule has 0 aromatic carbocycles. The van der Waals surface area contributed by atoms with Crippen molar-refractivity contribution in [3.8, 4) is 0 Å². The van der Waals surface area contributed by atoms with E-state index in [4.69, 9.17) is 15.0 Å². The average Bonchev–Trinajstić information content (AvgIpc) is 1.97. The van der Waals surface area contributed by atoms with Gasteiger partial charge in [-0.1, -0.05) is 34.1 Å². The molecule has 0 aliphatic rings. The van der Waals surface area contributed by atoms with E-state index in [9.17, 15) is 4.79 Å². The second-order valence-corrected chi connectivity index (χ2v) is 5.67. The highest BCUT2D eigenvalue weighted by Crippen LogP contribution is 2.26. The van der Waals surface area contributed by atoms with Crippen molar-refractivity contribution in [1.82, 2.24) is 0 Å². The minimum absolute atomic E-state index is 0.314. The van der Waals surface area contributed by atoms with E-state index >= 15 is 0 Å². The first-order valence-electron chi connectivity index (χ1n) is 5.96. The van der Waals surface area contributed by atoms with Crippen LogP contribution in [0.1, 0.15) is 60.3 Å². The fourth-order valence-corrected chi connectivity index (χ4v) is 1.75. The second kappa shape index (κ2) is 9.02. The summed E-state index contributed by atoms with van der Waals surface area (Å²) in [5.41, 5.74) is 0.364. The molecule has 0 bridgehead atoms. The number of hydrogen-bond donors (Lipinski definition) is 2. The van der Waals surface area contributed by atoms with Crippen LogP contribution in [-0.4, -0.2) is 22.2 Å². The monoisotopic (exact) mass is 246 g/mol. The Morgan fingerprint density at radius 1 is 1.18 bits per heavy atom. The Morgan fingerprint density at radius 2 is 1.59 bits per heavy atom. The minimum Gasteiger partial charge on any atom is -0.481 e. The highest BCUT2D eigenvalue weighted by atomic mass is 16.4. The van der Waals surface area contributed by atoms with E-state index in [2.05, 4.69) is 27.7 Å². The van der Waals surface area contributed by atoms with Crippen molar-refractivity contribution in [3.05, 3.63) is 0 Å². The largest absolute Gasteiger partial charge is 0.481 e. The van der Waals surface area contributed by atoms with Gasteiger partial charge in [-0.2, -0.15) is 0 Å². The molecule has 17 heavy (non-hydrogen) atoms. The number of carboxylic acid groups (broad SMARTS) is 2. The van der Waals surface area contributed by atoms with E-state index in [-0.39, 0.29) is 0 Å². The molecule has 4 heteroatoms. The molecule has 0 radical (unpaired) electrons. The molecule has 1 unspecified atom stereocenters. The quantitative estimate of drug-likeness (QED) is 0.779. The number of rotatable bonds is 5.